The Morgan fingerprint density at radius 3 is 2.25 bits per heavy atom. The molecule has 3 nitrogen and oxygen atoms in total. The van der Waals surface area contributed by atoms with E-state index in [0.29, 0.717) is 19.6 Å². The summed E-state index contributed by atoms with van der Waals surface area (Å²) >= 11 is 0. The summed E-state index contributed by atoms with van der Waals surface area (Å²) in [5.41, 5.74) is -0.627. The molecule has 0 spiro atoms. The van der Waals surface area contributed by atoms with E-state index in [1.165, 1.54) is 0 Å². The summed E-state index contributed by atoms with van der Waals surface area (Å²) in [5, 5.41) is 9.48. The van der Waals surface area contributed by atoms with Crippen molar-refractivity contribution in [3.8, 4) is 0 Å². The summed E-state index contributed by atoms with van der Waals surface area (Å²) in [6, 6.07) is 0. The van der Waals surface area contributed by atoms with Crippen LogP contribution in [0.15, 0.2) is 0 Å². The molecule has 1 aliphatic rings. The lowest BCUT2D eigenvalue weighted by Gasteiger charge is -2.26. The molecule has 0 radical (unpaired) electrons. The molecule has 0 saturated carbocycles. The minimum Gasteiger partial charge on any atom is -0.390 e. The fourth-order valence-electron chi connectivity index (χ4n) is 1.23. The van der Waals surface area contributed by atoms with Gasteiger partial charge in [0.25, 0.3) is 0 Å². The number of hydrogen-bond acceptors (Lipinski definition) is 3. The number of rotatable bonds is 3. The Kier molecular flexibility index (Phi) is 2.76. The van der Waals surface area contributed by atoms with Crippen molar-refractivity contribution in [2.75, 3.05) is 13.2 Å². The zero-order valence-electron chi connectivity index (χ0n) is 8.09. The highest BCUT2D eigenvalue weighted by molar-refractivity contribution is 4.74. The lowest BCUT2D eigenvalue weighted by atomic mass is 9.99. The van der Waals surface area contributed by atoms with Crippen molar-refractivity contribution in [3.63, 3.8) is 0 Å². The first-order valence-electron chi connectivity index (χ1n) is 4.42. The molecule has 0 atom stereocenters. The molecule has 12 heavy (non-hydrogen) atoms. The molecule has 0 aromatic heterocycles. The normalized spacial score (nSPS) is 23.0. The van der Waals surface area contributed by atoms with Gasteiger partial charge in [-0.25, -0.2) is 0 Å². The van der Waals surface area contributed by atoms with Gasteiger partial charge < -0.3 is 14.6 Å². The van der Waals surface area contributed by atoms with Crippen LogP contribution in [0.3, 0.4) is 0 Å². The van der Waals surface area contributed by atoms with Crippen molar-refractivity contribution >= 4 is 0 Å². The molecule has 1 rings (SSSR count). The largest absolute Gasteiger partial charge is 0.390 e. The summed E-state index contributed by atoms with van der Waals surface area (Å²) in [6.45, 7) is 6.85. The fourth-order valence-corrected chi connectivity index (χ4v) is 1.23. The van der Waals surface area contributed by atoms with Crippen LogP contribution in [-0.4, -0.2) is 29.7 Å². The van der Waals surface area contributed by atoms with Gasteiger partial charge in [0.05, 0.1) is 18.8 Å². The van der Waals surface area contributed by atoms with E-state index in [2.05, 4.69) is 0 Å². The maximum absolute atomic E-state index is 9.48. The molecular weight excluding hydrogens is 156 g/mol. The number of aliphatic hydroxyl groups is 1. The lowest BCUT2D eigenvalue weighted by Crippen LogP contribution is -2.30. The zero-order chi connectivity index (χ0) is 9.24. The number of hydrogen-bond donors (Lipinski definition) is 1. The van der Waals surface area contributed by atoms with Crippen LogP contribution in [0.2, 0.25) is 0 Å². The first-order chi connectivity index (χ1) is 5.41. The Bertz CT molecular complexity index is 142. The summed E-state index contributed by atoms with van der Waals surface area (Å²) in [7, 11) is 0. The van der Waals surface area contributed by atoms with Crippen LogP contribution in [-0.2, 0) is 9.47 Å². The summed E-state index contributed by atoms with van der Waals surface area (Å²) < 4.78 is 10.8. The summed E-state index contributed by atoms with van der Waals surface area (Å²) in [6.07, 6.45) is 1.44. The summed E-state index contributed by atoms with van der Waals surface area (Å²) in [4.78, 5) is 0. The van der Waals surface area contributed by atoms with Gasteiger partial charge in [-0.05, 0) is 27.2 Å². The predicted molar refractivity (Wildman–Crippen MR) is 45.8 cm³/mol. The minimum atomic E-state index is -0.627. The molecule has 72 valence electrons. The molecule has 3 heteroatoms. The van der Waals surface area contributed by atoms with Crippen LogP contribution < -0.4 is 0 Å². The molecule has 1 N–H and O–H groups in total. The van der Waals surface area contributed by atoms with Gasteiger partial charge in [0.1, 0.15) is 0 Å². The second-order valence-electron chi connectivity index (χ2n) is 4.14. The van der Waals surface area contributed by atoms with Crippen LogP contribution in [0.25, 0.3) is 0 Å². The van der Waals surface area contributed by atoms with E-state index in [0.717, 1.165) is 6.42 Å². The zero-order valence-corrected chi connectivity index (χ0v) is 8.09. The Morgan fingerprint density at radius 2 is 1.83 bits per heavy atom. The minimum absolute atomic E-state index is 0.458. The van der Waals surface area contributed by atoms with Gasteiger partial charge in [-0.15, -0.1) is 0 Å². The van der Waals surface area contributed by atoms with Crippen molar-refractivity contribution < 1.29 is 14.6 Å². The highest BCUT2D eigenvalue weighted by Gasteiger charge is 2.32. The third-order valence-electron chi connectivity index (χ3n) is 2.09. The first-order valence-corrected chi connectivity index (χ1v) is 4.42. The van der Waals surface area contributed by atoms with Gasteiger partial charge in [-0.1, -0.05) is 0 Å². The van der Waals surface area contributed by atoms with E-state index in [1.54, 1.807) is 13.8 Å². The van der Waals surface area contributed by atoms with Crippen LogP contribution in [0.5, 0.6) is 0 Å². The van der Waals surface area contributed by atoms with E-state index >= 15 is 0 Å². The molecule has 0 unspecified atom stereocenters. The predicted octanol–water partition coefficient (Wildman–Crippen LogP) is 1.30. The Balaban J connectivity index is 2.30. The maximum Gasteiger partial charge on any atom is 0.165 e. The third kappa shape index (κ3) is 3.09. The van der Waals surface area contributed by atoms with Crippen molar-refractivity contribution in [2.45, 2.75) is 45.0 Å². The van der Waals surface area contributed by atoms with E-state index in [-0.39, 0.29) is 0 Å². The SMILES string of the molecule is CC(C)(O)CCC1(C)OCCO1. The first kappa shape index (κ1) is 9.96. The van der Waals surface area contributed by atoms with Crippen molar-refractivity contribution in [3.05, 3.63) is 0 Å². The van der Waals surface area contributed by atoms with Crippen molar-refractivity contribution in [2.24, 2.45) is 0 Å². The van der Waals surface area contributed by atoms with Crippen LogP contribution in [0.4, 0.5) is 0 Å². The average Bonchev–Trinajstić information content (AvgIpc) is 2.32. The molecule has 1 fully saturated rings. The Labute approximate surface area is 73.7 Å². The topological polar surface area (TPSA) is 38.7 Å². The summed E-state index contributed by atoms with van der Waals surface area (Å²) in [5.74, 6) is -0.458. The molecule has 1 saturated heterocycles. The van der Waals surface area contributed by atoms with E-state index in [4.69, 9.17) is 9.47 Å². The third-order valence-corrected chi connectivity index (χ3v) is 2.09. The smallest absolute Gasteiger partial charge is 0.165 e. The Hall–Kier alpha value is -0.120. The highest BCUT2D eigenvalue weighted by Crippen LogP contribution is 2.26. The van der Waals surface area contributed by atoms with Crippen molar-refractivity contribution in [1.29, 1.82) is 0 Å². The highest BCUT2D eigenvalue weighted by atomic mass is 16.7. The molecule has 1 aliphatic heterocycles. The van der Waals surface area contributed by atoms with Gasteiger partial charge in [0.2, 0.25) is 0 Å². The fraction of sp³-hybridized carbons (Fsp3) is 1.00. The van der Waals surface area contributed by atoms with Crippen molar-refractivity contribution in [1.82, 2.24) is 0 Å². The van der Waals surface area contributed by atoms with Gasteiger partial charge >= 0.3 is 0 Å². The van der Waals surface area contributed by atoms with Gasteiger partial charge in [0.15, 0.2) is 5.79 Å². The molecule has 0 amide bonds. The van der Waals surface area contributed by atoms with Crippen LogP contribution in [0, 0.1) is 0 Å². The van der Waals surface area contributed by atoms with E-state index < -0.39 is 11.4 Å². The second kappa shape index (κ2) is 3.32. The second-order valence-corrected chi connectivity index (χ2v) is 4.14. The van der Waals surface area contributed by atoms with E-state index in [9.17, 15) is 5.11 Å². The molecule has 0 aromatic carbocycles. The quantitative estimate of drug-likeness (QED) is 0.701. The maximum atomic E-state index is 9.48. The van der Waals surface area contributed by atoms with Crippen LogP contribution in [0.1, 0.15) is 33.6 Å². The molecule has 0 bridgehead atoms. The monoisotopic (exact) mass is 174 g/mol. The van der Waals surface area contributed by atoms with Gasteiger partial charge in [0, 0.05) is 6.42 Å². The average molecular weight is 174 g/mol. The molecular formula is C9H18O3. The molecule has 0 aliphatic carbocycles. The lowest BCUT2D eigenvalue weighted by molar-refractivity contribution is -0.154. The Morgan fingerprint density at radius 1 is 1.33 bits per heavy atom. The molecule has 0 aromatic rings. The van der Waals surface area contributed by atoms with Gasteiger partial charge in [-0.3, -0.25) is 0 Å². The number of ether oxygens (including phenoxy) is 2. The molecule has 1 heterocycles. The van der Waals surface area contributed by atoms with Gasteiger partial charge in [-0.2, -0.15) is 0 Å². The van der Waals surface area contributed by atoms with Crippen LogP contribution >= 0.6 is 0 Å². The van der Waals surface area contributed by atoms with E-state index in [1.807, 2.05) is 6.92 Å². The standard InChI is InChI=1S/C9H18O3/c1-8(2,10)4-5-9(3)11-6-7-12-9/h10H,4-7H2,1-3H3.